The van der Waals surface area contributed by atoms with Gasteiger partial charge in [-0.15, -0.1) is 0 Å². The topological polar surface area (TPSA) is 61.2 Å². The van der Waals surface area contributed by atoms with Crippen LogP contribution in [0.2, 0.25) is 0 Å². The molecule has 0 spiro atoms. The molecule has 0 bridgehead atoms. The van der Waals surface area contributed by atoms with Gasteiger partial charge in [0.05, 0.1) is 11.4 Å². The highest BCUT2D eigenvalue weighted by Crippen LogP contribution is 2.39. The first-order valence-electron chi connectivity index (χ1n) is 4.47. The van der Waals surface area contributed by atoms with Gasteiger partial charge in [-0.05, 0) is 18.9 Å². The van der Waals surface area contributed by atoms with Crippen molar-refractivity contribution >= 4 is 11.0 Å². The second-order valence-electron chi connectivity index (χ2n) is 3.46. The van der Waals surface area contributed by atoms with Gasteiger partial charge in [-0.1, -0.05) is 0 Å². The molecule has 1 fully saturated rings. The Labute approximate surface area is 83.8 Å². The van der Waals surface area contributed by atoms with Crippen molar-refractivity contribution in [2.45, 2.75) is 25.4 Å². The molecule has 2 rings (SSSR count). The van der Waals surface area contributed by atoms with Crippen LogP contribution in [0.1, 0.15) is 30.1 Å². The van der Waals surface area contributed by atoms with Crippen molar-refractivity contribution in [1.29, 1.82) is 0 Å². The van der Waals surface area contributed by atoms with Crippen molar-refractivity contribution in [1.82, 2.24) is 9.78 Å². The van der Waals surface area contributed by atoms with E-state index in [9.17, 15) is 8.42 Å². The molecule has 1 aromatic heterocycles. The first kappa shape index (κ1) is 9.67. The van der Waals surface area contributed by atoms with E-state index in [4.69, 9.17) is 0 Å². The highest BCUT2D eigenvalue weighted by atomic mass is 32.2. The lowest BCUT2D eigenvalue weighted by Crippen LogP contribution is -2.00. The molecular formula is C8H12N2O3S. The Morgan fingerprint density at radius 3 is 2.93 bits per heavy atom. The first-order valence-corrected chi connectivity index (χ1v) is 5.56. The third-order valence-corrected chi connectivity index (χ3v) is 2.65. The van der Waals surface area contributed by atoms with E-state index < -0.39 is 11.0 Å². The quantitative estimate of drug-likeness (QED) is 0.737. The van der Waals surface area contributed by atoms with Gasteiger partial charge in [0, 0.05) is 13.0 Å². The largest absolute Gasteiger partial charge is 0.270 e. The summed E-state index contributed by atoms with van der Waals surface area (Å²) in [5.41, 5.74) is 1.85. The van der Waals surface area contributed by atoms with Gasteiger partial charge in [-0.3, -0.25) is 8.86 Å². The van der Waals surface area contributed by atoms with E-state index in [1.807, 2.05) is 6.07 Å². The Bertz CT molecular complexity index is 399. The third-order valence-electron chi connectivity index (χ3n) is 2.31. The monoisotopic (exact) mass is 216 g/mol. The molecule has 1 aliphatic carbocycles. The van der Waals surface area contributed by atoms with Crippen LogP contribution in [-0.2, 0) is 28.8 Å². The molecule has 0 atom stereocenters. The van der Waals surface area contributed by atoms with E-state index in [-0.39, 0.29) is 6.61 Å². The van der Waals surface area contributed by atoms with Gasteiger partial charge in [0.2, 0.25) is 0 Å². The Kier molecular flexibility index (Phi) is 2.56. The van der Waals surface area contributed by atoms with Crippen LogP contribution >= 0.6 is 0 Å². The molecule has 0 amide bonds. The lowest BCUT2D eigenvalue weighted by atomic mass is 10.3. The van der Waals surface area contributed by atoms with Gasteiger partial charge in [0.1, 0.15) is 6.61 Å². The minimum atomic E-state index is -2.77. The molecule has 0 aliphatic heterocycles. The van der Waals surface area contributed by atoms with Crippen LogP contribution in [-0.4, -0.2) is 18.2 Å². The minimum Gasteiger partial charge on any atom is -0.270 e. The number of aromatic nitrogens is 2. The van der Waals surface area contributed by atoms with Crippen molar-refractivity contribution in [3.63, 3.8) is 0 Å². The molecule has 14 heavy (non-hydrogen) atoms. The fourth-order valence-electron chi connectivity index (χ4n) is 1.36. The van der Waals surface area contributed by atoms with Crippen LogP contribution in [0.25, 0.3) is 0 Å². The average molecular weight is 216 g/mol. The highest BCUT2D eigenvalue weighted by Gasteiger charge is 2.26. The average Bonchev–Trinajstić information content (AvgIpc) is 2.88. The van der Waals surface area contributed by atoms with Crippen molar-refractivity contribution < 1.29 is 12.6 Å². The van der Waals surface area contributed by atoms with E-state index in [1.165, 1.54) is 12.8 Å². The summed E-state index contributed by atoms with van der Waals surface area (Å²) >= 11 is 0. The standard InChI is InChI=1S/C8H12N2O3S/c1-10-7(5-13-14(11)12)4-8(9-10)6-2-3-6/h4,6,14H,2-3,5H2,1H3. The Morgan fingerprint density at radius 1 is 1.64 bits per heavy atom. The zero-order valence-corrected chi connectivity index (χ0v) is 8.74. The van der Waals surface area contributed by atoms with Gasteiger partial charge in [0.15, 0.2) is 0 Å². The minimum absolute atomic E-state index is 0.0783. The van der Waals surface area contributed by atoms with Crippen LogP contribution < -0.4 is 0 Å². The lowest BCUT2D eigenvalue weighted by Gasteiger charge is -1.96. The van der Waals surface area contributed by atoms with Crippen molar-refractivity contribution in [3.8, 4) is 0 Å². The molecule has 5 nitrogen and oxygen atoms in total. The maximum atomic E-state index is 10.2. The Morgan fingerprint density at radius 2 is 2.36 bits per heavy atom. The van der Waals surface area contributed by atoms with Crippen molar-refractivity contribution in [2.24, 2.45) is 7.05 Å². The van der Waals surface area contributed by atoms with E-state index in [0.717, 1.165) is 11.4 Å². The fraction of sp³-hybridized carbons (Fsp3) is 0.625. The van der Waals surface area contributed by atoms with E-state index >= 15 is 0 Å². The summed E-state index contributed by atoms with van der Waals surface area (Å²) in [6.45, 7) is 0.0783. The molecule has 1 saturated carbocycles. The molecule has 0 aromatic carbocycles. The third kappa shape index (κ3) is 2.13. The summed E-state index contributed by atoms with van der Waals surface area (Å²) in [6.07, 6.45) is 2.38. The highest BCUT2D eigenvalue weighted by molar-refractivity contribution is 7.67. The fourth-order valence-corrected chi connectivity index (χ4v) is 1.60. The Hall–Kier alpha value is -0.880. The van der Waals surface area contributed by atoms with Crippen molar-refractivity contribution in [2.75, 3.05) is 0 Å². The number of thiol groups is 1. The SMILES string of the molecule is Cn1nc(C2CC2)cc1CO[SH](=O)=O. The molecule has 0 radical (unpaired) electrons. The second kappa shape index (κ2) is 3.70. The van der Waals surface area contributed by atoms with Crippen LogP contribution in [0.5, 0.6) is 0 Å². The zero-order chi connectivity index (χ0) is 10.1. The van der Waals surface area contributed by atoms with Gasteiger partial charge in [-0.25, -0.2) is 8.42 Å². The zero-order valence-electron chi connectivity index (χ0n) is 7.84. The molecular weight excluding hydrogens is 204 g/mol. The summed E-state index contributed by atoms with van der Waals surface area (Å²) in [7, 11) is -0.974. The molecule has 1 heterocycles. The maximum Gasteiger partial charge on any atom is 0.257 e. The first-order chi connectivity index (χ1) is 6.66. The van der Waals surface area contributed by atoms with Gasteiger partial charge in [0.25, 0.3) is 11.0 Å². The normalized spacial score (nSPS) is 16.4. The number of hydrogen-bond acceptors (Lipinski definition) is 4. The smallest absolute Gasteiger partial charge is 0.257 e. The molecule has 6 heteroatoms. The molecule has 0 saturated heterocycles. The van der Waals surface area contributed by atoms with Gasteiger partial charge in [-0.2, -0.15) is 5.10 Å². The molecule has 1 aliphatic rings. The molecule has 0 unspecified atom stereocenters. The van der Waals surface area contributed by atoms with Gasteiger partial charge >= 0.3 is 0 Å². The summed E-state index contributed by atoms with van der Waals surface area (Å²) in [5, 5.41) is 4.29. The van der Waals surface area contributed by atoms with Crippen LogP contribution in [0.3, 0.4) is 0 Å². The Balaban J connectivity index is 2.08. The molecule has 0 N–H and O–H groups in total. The van der Waals surface area contributed by atoms with Crippen LogP contribution in [0, 0.1) is 0 Å². The van der Waals surface area contributed by atoms with E-state index in [2.05, 4.69) is 9.28 Å². The summed E-state index contributed by atoms with van der Waals surface area (Å²) < 4.78 is 26.6. The summed E-state index contributed by atoms with van der Waals surface area (Å²) in [5.74, 6) is 0.580. The van der Waals surface area contributed by atoms with Crippen LogP contribution in [0.4, 0.5) is 0 Å². The molecule has 78 valence electrons. The van der Waals surface area contributed by atoms with E-state index in [1.54, 1.807) is 11.7 Å². The number of aryl methyl sites for hydroxylation is 1. The summed E-state index contributed by atoms with van der Waals surface area (Å²) in [6, 6.07) is 1.91. The van der Waals surface area contributed by atoms with Crippen LogP contribution in [0.15, 0.2) is 6.07 Å². The van der Waals surface area contributed by atoms with Crippen molar-refractivity contribution in [3.05, 3.63) is 17.5 Å². The predicted molar refractivity (Wildman–Crippen MR) is 50.3 cm³/mol. The molecule has 1 aromatic rings. The second-order valence-corrected chi connectivity index (χ2v) is 4.16. The lowest BCUT2D eigenvalue weighted by molar-refractivity contribution is 0.312. The number of nitrogens with zero attached hydrogens (tertiary/aromatic N) is 2. The number of hydrogen-bond donors (Lipinski definition) is 1. The maximum absolute atomic E-state index is 10.2. The summed E-state index contributed by atoms with van der Waals surface area (Å²) in [4.78, 5) is 0. The van der Waals surface area contributed by atoms with E-state index in [0.29, 0.717) is 5.92 Å². The van der Waals surface area contributed by atoms with Gasteiger partial charge < -0.3 is 0 Å². The number of rotatable bonds is 4. The predicted octanol–water partition coefficient (Wildman–Crippen LogP) is 0.341.